The smallest absolute Gasteiger partial charge is 0.254 e. The Bertz CT molecular complexity index is 444. The molecule has 2 rings (SSSR count). The highest BCUT2D eigenvalue weighted by molar-refractivity contribution is 9.09. The largest absolute Gasteiger partial charge is 0.335 e. The zero-order chi connectivity index (χ0) is 13.1. The lowest BCUT2D eigenvalue weighted by atomic mass is 10.00. The van der Waals surface area contributed by atoms with Crippen LogP contribution in [0.1, 0.15) is 40.7 Å². The third-order valence-electron chi connectivity index (χ3n) is 3.68. The number of hydrogen-bond acceptors (Lipinski definition) is 1. The summed E-state index contributed by atoms with van der Waals surface area (Å²) in [5.74, 6) is 0.191. The normalized spacial score (nSPS) is 19.9. The van der Waals surface area contributed by atoms with Crippen molar-refractivity contribution in [1.29, 1.82) is 0 Å². The predicted molar refractivity (Wildman–Crippen MR) is 78.4 cm³/mol. The summed E-state index contributed by atoms with van der Waals surface area (Å²) in [4.78, 5) is 14.6. The van der Waals surface area contributed by atoms with Gasteiger partial charge in [-0.2, -0.15) is 0 Å². The molecule has 0 bridgehead atoms. The van der Waals surface area contributed by atoms with Crippen LogP contribution in [0.5, 0.6) is 0 Å². The molecule has 0 aromatic heterocycles. The van der Waals surface area contributed by atoms with E-state index in [1.165, 1.54) is 12.0 Å². The van der Waals surface area contributed by atoms with E-state index in [9.17, 15) is 4.79 Å². The van der Waals surface area contributed by atoms with Crippen molar-refractivity contribution in [3.05, 3.63) is 34.9 Å². The van der Waals surface area contributed by atoms with Crippen LogP contribution in [0.15, 0.2) is 18.2 Å². The number of nitrogens with zero attached hydrogens (tertiary/aromatic N) is 1. The van der Waals surface area contributed by atoms with Crippen LogP contribution in [0.2, 0.25) is 0 Å². The topological polar surface area (TPSA) is 20.3 Å². The van der Waals surface area contributed by atoms with E-state index in [1.807, 2.05) is 24.0 Å². The average Bonchev–Trinajstić information content (AvgIpc) is 2.38. The summed E-state index contributed by atoms with van der Waals surface area (Å²) >= 11 is 3.53. The third-order valence-corrected chi connectivity index (χ3v) is 4.43. The fourth-order valence-electron chi connectivity index (χ4n) is 2.64. The van der Waals surface area contributed by atoms with Crippen molar-refractivity contribution in [1.82, 2.24) is 4.90 Å². The number of hydrogen-bond donors (Lipinski definition) is 0. The van der Waals surface area contributed by atoms with Crippen LogP contribution >= 0.6 is 15.9 Å². The van der Waals surface area contributed by atoms with Crippen LogP contribution < -0.4 is 0 Å². The Balaban J connectivity index is 2.24. The van der Waals surface area contributed by atoms with Gasteiger partial charge in [0.05, 0.1) is 0 Å². The van der Waals surface area contributed by atoms with Gasteiger partial charge in [-0.3, -0.25) is 4.79 Å². The molecular formula is C15H20BrNO. The quantitative estimate of drug-likeness (QED) is 0.763. The van der Waals surface area contributed by atoms with E-state index in [-0.39, 0.29) is 5.91 Å². The lowest BCUT2D eigenvalue weighted by Gasteiger charge is -2.35. The van der Waals surface area contributed by atoms with Gasteiger partial charge in [0.2, 0.25) is 0 Å². The first-order valence-electron chi connectivity index (χ1n) is 6.57. The van der Waals surface area contributed by atoms with Crippen LogP contribution in [0, 0.1) is 13.8 Å². The molecule has 0 aliphatic carbocycles. The minimum absolute atomic E-state index is 0.191. The molecule has 1 fully saturated rings. The van der Waals surface area contributed by atoms with Crippen LogP contribution in [0.4, 0.5) is 0 Å². The summed E-state index contributed by atoms with van der Waals surface area (Å²) in [5, 5.41) is 0.879. The fraction of sp³-hybridized carbons (Fsp3) is 0.533. The van der Waals surface area contributed by atoms with Gasteiger partial charge >= 0.3 is 0 Å². The molecule has 1 amide bonds. The second-order valence-corrected chi connectivity index (χ2v) is 5.77. The number of piperidine rings is 1. The molecule has 1 aromatic rings. The number of carbonyl (C=O) groups excluding carboxylic acids is 1. The number of benzene rings is 1. The first kappa shape index (κ1) is 13.6. The van der Waals surface area contributed by atoms with Crippen LogP contribution in [-0.2, 0) is 0 Å². The molecule has 1 heterocycles. The van der Waals surface area contributed by atoms with Gasteiger partial charge in [-0.25, -0.2) is 0 Å². The lowest BCUT2D eigenvalue weighted by Crippen LogP contribution is -2.44. The van der Waals surface area contributed by atoms with Gasteiger partial charge in [-0.1, -0.05) is 33.6 Å². The number of rotatable bonds is 2. The van der Waals surface area contributed by atoms with Crippen LogP contribution in [0.25, 0.3) is 0 Å². The van der Waals surface area contributed by atoms with Gasteiger partial charge in [-0.15, -0.1) is 0 Å². The molecule has 1 unspecified atom stereocenters. The van der Waals surface area contributed by atoms with Crippen LogP contribution in [0.3, 0.4) is 0 Å². The Morgan fingerprint density at radius 1 is 1.39 bits per heavy atom. The van der Waals surface area contributed by atoms with E-state index in [0.29, 0.717) is 6.04 Å². The monoisotopic (exact) mass is 309 g/mol. The Morgan fingerprint density at radius 2 is 2.17 bits per heavy atom. The number of likely N-dealkylation sites (tertiary alicyclic amines) is 1. The summed E-state index contributed by atoms with van der Waals surface area (Å²) in [7, 11) is 0. The lowest BCUT2D eigenvalue weighted by molar-refractivity contribution is 0.0641. The van der Waals surface area contributed by atoms with Crippen molar-refractivity contribution < 1.29 is 4.79 Å². The minimum Gasteiger partial charge on any atom is -0.335 e. The maximum absolute atomic E-state index is 12.6. The molecule has 1 aromatic carbocycles. The molecule has 1 aliphatic rings. The van der Waals surface area contributed by atoms with Crippen molar-refractivity contribution in [3.63, 3.8) is 0 Å². The second-order valence-electron chi connectivity index (χ2n) is 5.12. The number of halogens is 1. The number of alkyl halides is 1. The maximum Gasteiger partial charge on any atom is 0.254 e. The Morgan fingerprint density at radius 3 is 2.83 bits per heavy atom. The molecule has 1 atom stereocenters. The molecule has 1 saturated heterocycles. The van der Waals surface area contributed by atoms with Crippen molar-refractivity contribution in [2.45, 2.75) is 39.2 Å². The number of carbonyl (C=O) groups is 1. The molecule has 0 saturated carbocycles. The van der Waals surface area contributed by atoms with Crippen LogP contribution in [-0.4, -0.2) is 28.7 Å². The molecule has 2 nitrogen and oxygen atoms in total. The Hall–Kier alpha value is -0.830. The predicted octanol–water partition coefficient (Wildman–Crippen LogP) is 3.69. The molecule has 0 radical (unpaired) electrons. The molecule has 1 aliphatic heterocycles. The highest BCUT2D eigenvalue weighted by Crippen LogP contribution is 2.22. The SMILES string of the molecule is Cc1ccc(C(=O)N2CCCCC2CBr)c(C)c1. The maximum atomic E-state index is 12.6. The van der Waals surface area contributed by atoms with E-state index in [4.69, 9.17) is 0 Å². The van der Waals surface area contributed by atoms with Crippen molar-refractivity contribution >= 4 is 21.8 Å². The summed E-state index contributed by atoms with van der Waals surface area (Å²) < 4.78 is 0. The molecular weight excluding hydrogens is 290 g/mol. The fourth-order valence-corrected chi connectivity index (χ4v) is 3.31. The van der Waals surface area contributed by atoms with Gasteiger partial charge in [0.15, 0.2) is 0 Å². The van der Waals surface area contributed by atoms with E-state index in [2.05, 4.69) is 28.9 Å². The van der Waals surface area contributed by atoms with E-state index in [1.54, 1.807) is 0 Å². The zero-order valence-electron chi connectivity index (χ0n) is 11.1. The van der Waals surface area contributed by atoms with Crippen molar-refractivity contribution in [2.75, 3.05) is 11.9 Å². The minimum atomic E-state index is 0.191. The third kappa shape index (κ3) is 2.77. The first-order valence-corrected chi connectivity index (χ1v) is 7.70. The van der Waals surface area contributed by atoms with E-state index in [0.717, 1.165) is 35.8 Å². The first-order chi connectivity index (χ1) is 8.63. The molecule has 0 N–H and O–H groups in total. The zero-order valence-corrected chi connectivity index (χ0v) is 12.7. The van der Waals surface area contributed by atoms with Gasteiger partial charge in [0, 0.05) is 23.5 Å². The number of aryl methyl sites for hydroxylation is 2. The van der Waals surface area contributed by atoms with Gasteiger partial charge < -0.3 is 4.90 Å². The van der Waals surface area contributed by atoms with Crippen molar-refractivity contribution in [3.8, 4) is 0 Å². The average molecular weight is 310 g/mol. The van der Waals surface area contributed by atoms with E-state index >= 15 is 0 Å². The van der Waals surface area contributed by atoms with Crippen molar-refractivity contribution in [2.24, 2.45) is 0 Å². The standard InChI is InChI=1S/C15H20BrNO/c1-11-6-7-14(12(2)9-11)15(18)17-8-4-3-5-13(17)10-16/h6-7,9,13H,3-5,8,10H2,1-2H3. The second kappa shape index (κ2) is 5.87. The van der Waals surface area contributed by atoms with Gasteiger partial charge in [-0.05, 0) is 44.7 Å². The molecule has 18 heavy (non-hydrogen) atoms. The molecule has 0 spiro atoms. The summed E-state index contributed by atoms with van der Waals surface area (Å²) in [6.45, 7) is 4.97. The molecule has 3 heteroatoms. The summed E-state index contributed by atoms with van der Waals surface area (Å²) in [5.41, 5.74) is 3.15. The Kier molecular flexibility index (Phi) is 4.44. The Labute approximate surface area is 117 Å². The number of amides is 1. The highest BCUT2D eigenvalue weighted by Gasteiger charge is 2.27. The summed E-state index contributed by atoms with van der Waals surface area (Å²) in [6, 6.07) is 6.42. The highest BCUT2D eigenvalue weighted by atomic mass is 79.9. The summed E-state index contributed by atoms with van der Waals surface area (Å²) in [6.07, 6.45) is 3.47. The van der Waals surface area contributed by atoms with Gasteiger partial charge in [0.25, 0.3) is 5.91 Å². The molecule has 98 valence electrons. The van der Waals surface area contributed by atoms with E-state index < -0.39 is 0 Å². The van der Waals surface area contributed by atoms with Gasteiger partial charge in [0.1, 0.15) is 0 Å².